The Balaban J connectivity index is 2.79. The number of hydrogen-bond donors (Lipinski definition) is 1. The van der Waals surface area contributed by atoms with Crippen LogP contribution in [0.4, 0.5) is 0 Å². The van der Waals surface area contributed by atoms with Gasteiger partial charge in [0.1, 0.15) is 0 Å². The zero-order valence-electron chi connectivity index (χ0n) is 6.00. The van der Waals surface area contributed by atoms with Gasteiger partial charge >= 0.3 is 0 Å². The summed E-state index contributed by atoms with van der Waals surface area (Å²) >= 11 is 5.61. The van der Waals surface area contributed by atoms with Crippen molar-refractivity contribution < 1.29 is 5.11 Å². The van der Waals surface area contributed by atoms with Gasteiger partial charge in [-0.3, -0.25) is 0 Å². The van der Waals surface area contributed by atoms with E-state index < -0.39 is 0 Å². The first-order valence-corrected chi connectivity index (χ1v) is 3.72. The lowest BCUT2D eigenvalue weighted by molar-refractivity contribution is 0.339. The SMILES string of the molecule is OC/C(Cl)=C\c1ccccc1. The molecule has 0 unspecified atom stereocenters. The van der Waals surface area contributed by atoms with Crippen molar-refractivity contribution in [3.05, 3.63) is 40.9 Å². The van der Waals surface area contributed by atoms with Crippen LogP contribution in [0.3, 0.4) is 0 Å². The van der Waals surface area contributed by atoms with Gasteiger partial charge in [0.2, 0.25) is 0 Å². The molecule has 0 bridgehead atoms. The van der Waals surface area contributed by atoms with Crippen LogP contribution in [-0.2, 0) is 0 Å². The summed E-state index contributed by atoms with van der Waals surface area (Å²) in [6.07, 6.45) is 1.74. The number of aliphatic hydroxyl groups is 1. The van der Waals surface area contributed by atoms with Crippen LogP contribution in [0, 0.1) is 0 Å². The average molecular weight is 169 g/mol. The van der Waals surface area contributed by atoms with Crippen molar-refractivity contribution in [1.82, 2.24) is 0 Å². The maximum atomic E-state index is 8.60. The fraction of sp³-hybridized carbons (Fsp3) is 0.111. The van der Waals surface area contributed by atoms with E-state index in [0.717, 1.165) is 5.56 Å². The van der Waals surface area contributed by atoms with E-state index in [4.69, 9.17) is 16.7 Å². The average Bonchev–Trinajstić information content (AvgIpc) is 2.06. The summed E-state index contributed by atoms with van der Waals surface area (Å²) in [6.45, 7) is -0.101. The first-order chi connectivity index (χ1) is 5.33. The van der Waals surface area contributed by atoms with Gasteiger partial charge < -0.3 is 5.11 Å². The molecule has 0 saturated carbocycles. The highest BCUT2D eigenvalue weighted by molar-refractivity contribution is 6.31. The second kappa shape index (κ2) is 4.16. The summed E-state index contributed by atoms with van der Waals surface area (Å²) in [5, 5.41) is 9.05. The molecule has 1 aromatic rings. The predicted octanol–water partition coefficient (Wildman–Crippen LogP) is 2.26. The Bertz CT molecular complexity index is 241. The quantitative estimate of drug-likeness (QED) is 0.718. The molecule has 2 heteroatoms. The van der Waals surface area contributed by atoms with Crippen LogP contribution < -0.4 is 0 Å². The number of aliphatic hydroxyl groups excluding tert-OH is 1. The normalized spacial score (nSPS) is 11.6. The van der Waals surface area contributed by atoms with Gasteiger partial charge in [-0.25, -0.2) is 0 Å². The molecule has 11 heavy (non-hydrogen) atoms. The first-order valence-electron chi connectivity index (χ1n) is 3.35. The molecule has 0 aliphatic heterocycles. The Morgan fingerprint density at radius 2 is 2.00 bits per heavy atom. The van der Waals surface area contributed by atoms with E-state index in [1.807, 2.05) is 30.3 Å². The third-order valence-corrected chi connectivity index (χ3v) is 1.50. The number of benzene rings is 1. The van der Waals surface area contributed by atoms with Crippen molar-refractivity contribution in [2.75, 3.05) is 6.61 Å². The molecule has 0 heterocycles. The van der Waals surface area contributed by atoms with E-state index in [1.165, 1.54) is 0 Å². The third kappa shape index (κ3) is 2.74. The van der Waals surface area contributed by atoms with Crippen LogP contribution in [0.2, 0.25) is 0 Å². The Morgan fingerprint density at radius 3 is 2.55 bits per heavy atom. The highest BCUT2D eigenvalue weighted by atomic mass is 35.5. The van der Waals surface area contributed by atoms with Crippen LogP contribution in [-0.4, -0.2) is 11.7 Å². The van der Waals surface area contributed by atoms with Crippen LogP contribution >= 0.6 is 11.6 Å². The molecular weight excluding hydrogens is 160 g/mol. The smallest absolute Gasteiger partial charge is 0.0788 e. The van der Waals surface area contributed by atoms with Gasteiger partial charge in [-0.15, -0.1) is 0 Å². The third-order valence-electron chi connectivity index (χ3n) is 1.27. The maximum Gasteiger partial charge on any atom is 0.0788 e. The molecule has 0 aliphatic rings. The lowest BCUT2D eigenvalue weighted by Crippen LogP contribution is -1.79. The van der Waals surface area contributed by atoms with Crippen LogP contribution in [0.25, 0.3) is 6.08 Å². The largest absolute Gasteiger partial charge is 0.391 e. The molecule has 1 aromatic carbocycles. The molecule has 0 spiro atoms. The Kier molecular flexibility index (Phi) is 3.14. The van der Waals surface area contributed by atoms with Gasteiger partial charge in [0.15, 0.2) is 0 Å². The summed E-state index contributed by atoms with van der Waals surface area (Å²) in [7, 11) is 0. The van der Waals surface area contributed by atoms with Crippen LogP contribution in [0.15, 0.2) is 35.4 Å². The Hall–Kier alpha value is -0.790. The van der Waals surface area contributed by atoms with Gasteiger partial charge in [-0.2, -0.15) is 0 Å². The Morgan fingerprint density at radius 1 is 1.36 bits per heavy atom. The molecule has 0 aliphatic carbocycles. The first kappa shape index (κ1) is 8.31. The van der Waals surface area contributed by atoms with Crippen LogP contribution in [0.1, 0.15) is 5.56 Å². The standard InChI is InChI=1S/C9H9ClO/c10-9(7-11)6-8-4-2-1-3-5-8/h1-6,11H,7H2/b9-6+. The molecule has 0 atom stereocenters. The second-order valence-electron chi connectivity index (χ2n) is 2.16. The van der Waals surface area contributed by atoms with E-state index >= 15 is 0 Å². The molecule has 1 rings (SSSR count). The van der Waals surface area contributed by atoms with Crippen molar-refractivity contribution in [2.24, 2.45) is 0 Å². The number of rotatable bonds is 2. The van der Waals surface area contributed by atoms with Gasteiger partial charge in [-0.05, 0) is 11.6 Å². The molecule has 1 nitrogen and oxygen atoms in total. The molecule has 0 saturated heterocycles. The summed E-state index contributed by atoms with van der Waals surface area (Å²) < 4.78 is 0. The lowest BCUT2D eigenvalue weighted by Gasteiger charge is -1.92. The maximum absolute atomic E-state index is 8.60. The van der Waals surface area contributed by atoms with Gasteiger partial charge in [0.05, 0.1) is 6.61 Å². The van der Waals surface area contributed by atoms with Crippen molar-refractivity contribution in [2.45, 2.75) is 0 Å². The lowest BCUT2D eigenvalue weighted by atomic mass is 10.2. The van der Waals surface area contributed by atoms with Crippen LogP contribution in [0.5, 0.6) is 0 Å². The molecule has 0 amide bonds. The van der Waals surface area contributed by atoms with Crippen molar-refractivity contribution in [1.29, 1.82) is 0 Å². The minimum atomic E-state index is -0.101. The summed E-state index contributed by atoms with van der Waals surface area (Å²) in [5.41, 5.74) is 1.01. The van der Waals surface area contributed by atoms with Crippen molar-refractivity contribution in [3.63, 3.8) is 0 Å². The molecular formula is C9H9ClO. The van der Waals surface area contributed by atoms with E-state index in [2.05, 4.69) is 0 Å². The number of halogens is 1. The zero-order valence-corrected chi connectivity index (χ0v) is 6.75. The fourth-order valence-corrected chi connectivity index (χ4v) is 0.902. The van der Waals surface area contributed by atoms with Gasteiger partial charge in [-0.1, -0.05) is 41.9 Å². The highest BCUT2D eigenvalue weighted by Crippen LogP contribution is 2.08. The van der Waals surface area contributed by atoms with Crippen molar-refractivity contribution >= 4 is 17.7 Å². The monoisotopic (exact) mass is 168 g/mol. The fourth-order valence-electron chi connectivity index (χ4n) is 0.776. The highest BCUT2D eigenvalue weighted by Gasteiger charge is 1.88. The predicted molar refractivity (Wildman–Crippen MR) is 47.4 cm³/mol. The Labute approximate surface area is 70.9 Å². The van der Waals surface area contributed by atoms with E-state index in [1.54, 1.807) is 6.08 Å². The summed E-state index contributed by atoms with van der Waals surface area (Å²) in [4.78, 5) is 0. The van der Waals surface area contributed by atoms with Gasteiger partial charge in [0, 0.05) is 5.03 Å². The molecule has 58 valence electrons. The van der Waals surface area contributed by atoms with E-state index in [-0.39, 0.29) is 6.61 Å². The minimum Gasteiger partial charge on any atom is -0.391 e. The molecule has 0 aromatic heterocycles. The molecule has 1 N–H and O–H groups in total. The summed E-state index contributed by atoms with van der Waals surface area (Å²) in [6, 6.07) is 9.64. The zero-order chi connectivity index (χ0) is 8.10. The number of hydrogen-bond acceptors (Lipinski definition) is 1. The molecule has 0 fully saturated rings. The molecule has 0 radical (unpaired) electrons. The van der Waals surface area contributed by atoms with Gasteiger partial charge in [0.25, 0.3) is 0 Å². The minimum absolute atomic E-state index is 0.101. The topological polar surface area (TPSA) is 20.2 Å². The van der Waals surface area contributed by atoms with E-state index in [0.29, 0.717) is 5.03 Å². The van der Waals surface area contributed by atoms with Crippen molar-refractivity contribution in [3.8, 4) is 0 Å². The second-order valence-corrected chi connectivity index (χ2v) is 2.65. The van der Waals surface area contributed by atoms with E-state index in [9.17, 15) is 0 Å². The summed E-state index contributed by atoms with van der Waals surface area (Å²) in [5.74, 6) is 0.